The van der Waals surface area contributed by atoms with Crippen LogP contribution >= 0.6 is 0 Å². The normalized spacial score (nSPS) is 34.5. The van der Waals surface area contributed by atoms with Crippen LogP contribution in [0.25, 0.3) is 0 Å². The minimum Gasteiger partial charge on any atom is -0.302 e. The van der Waals surface area contributed by atoms with Gasteiger partial charge in [0.15, 0.2) is 0 Å². The summed E-state index contributed by atoms with van der Waals surface area (Å²) in [5.41, 5.74) is 0.476. The maximum absolute atomic E-state index is 2.73. The molecule has 14 heavy (non-hydrogen) atoms. The summed E-state index contributed by atoms with van der Waals surface area (Å²) in [6, 6.07) is 0. The second kappa shape index (κ2) is 3.84. The summed E-state index contributed by atoms with van der Waals surface area (Å²) in [4.78, 5) is 2.73. The lowest BCUT2D eigenvalue weighted by molar-refractivity contribution is 0.178. The molecule has 0 aromatic rings. The third-order valence-corrected chi connectivity index (χ3v) is 3.70. The van der Waals surface area contributed by atoms with Gasteiger partial charge in [-0.05, 0) is 42.9 Å². The fraction of sp³-hybridized carbons (Fsp3) is 1.00. The molecular formula is C13H25N. The highest BCUT2D eigenvalue weighted by Crippen LogP contribution is 2.34. The molecule has 2 aliphatic heterocycles. The van der Waals surface area contributed by atoms with Gasteiger partial charge in [-0.2, -0.15) is 0 Å². The van der Waals surface area contributed by atoms with E-state index < -0.39 is 0 Å². The Kier molecular flexibility index (Phi) is 2.88. The van der Waals surface area contributed by atoms with Crippen molar-refractivity contribution >= 4 is 0 Å². The van der Waals surface area contributed by atoms with E-state index in [4.69, 9.17) is 0 Å². The molecule has 1 nitrogen and oxygen atoms in total. The fourth-order valence-corrected chi connectivity index (χ4v) is 3.20. The Balaban J connectivity index is 1.94. The van der Waals surface area contributed by atoms with E-state index in [-0.39, 0.29) is 0 Å². The van der Waals surface area contributed by atoms with Crippen LogP contribution in [0.1, 0.15) is 46.5 Å². The van der Waals surface area contributed by atoms with Gasteiger partial charge in [0, 0.05) is 19.6 Å². The smallest absolute Gasteiger partial charge is 0.00303 e. The molecule has 1 aliphatic carbocycles. The lowest BCUT2D eigenvalue weighted by Crippen LogP contribution is -2.35. The van der Waals surface area contributed by atoms with Crippen molar-refractivity contribution < 1.29 is 0 Å². The second-order valence-electron chi connectivity index (χ2n) is 6.64. The average Bonchev–Trinajstić information content (AvgIpc) is 2.31. The van der Waals surface area contributed by atoms with E-state index in [1.165, 1.54) is 45.3 Å². The summed E-state index contributed by atoms with van der Waals surface area (Å²) in [5.74, 6) is 2.05. The van der Waals surface area contributed by atoms with E-state index >= 15 is 0 Å². The number of hydrogen-bond acceptors (Lipinski definition) is 1. The second-order valence-corrected chi connectivity index (χ2v) is 6.64. The van der Waals surface area contributed by atoms with Gasteiger partial charge in [-0.3, -0.25) is 0 Å². The van der Waals surface area contributed by atoms with Crippen LogP contribution in [0.3, 0.4) is 0 Å². The van der Waals surface area contributed by atoms with Gasteiger partial charge in [0.1, 0.15) is 0 Å². The summed E-state index contributed by atoms with van der Waals surface area (Å²) in [5, 5.41) is 0. The Morgan fingerprint density at radius 3 is 1.71 bits per heavy atom. The van der Waals surface area contributed by atoms with Crippen molar-refractivity contribution in [1.82, 2.24) is 4.90 Å². The zero-order chi connectivity index (χ0) is 10.2. The standard InChI is InChI=1S/C13H25N/c1-13(2,3)10-14-8-11-4-5-12(9-14)7-6-11/h11-12H,4-10H2,1-3H3. The summed E-state index contributed by atoms with van der Waals surface area (Å²) in [6.45, 7) is 11.1. The van der Waals surface area contributed by atoms with E-state index in [9.17, 15) is 0 Å². The van der Waals surface area contributed by atoms with Crippen molar-refractivity contribution in [3.05, 3.63) is 0 Å². The molecule has 0 aromatic heterocycles. The zero-order valence-electron chi connectivity index (χ0n) is 10.1. The van der Waals surface area contributed by atoms with Crippen LogP contribution in [-0.4, -0.2) is 24.5 Å². The summed E-state index contributed by atoms with van der Waals surface area (Å²) in [7, 11) is 0. The van der Waals surface area contributed by atoms with Crippen molar-refractivity contribution in [2.24, 2.45) is 17.3 Å². The van der Waals surface area contributed by atoms with Gasteiger partial charge in [0.05, 0.1) is 0 Å². The third kappa shape index (κ3) is 2.73. The summed E-state index contributed by atoms with van der Waals surface area (Å²) < 4.78 is 0. The predicted octanol–water partition coefficient (Wildman–Crippen LogP) is 3.15. The molecule has 0 amide bonds. The van der Waals surface area contributed by atoms with Gasteiger partial charge in [0.25, 0.3) is 0 Å². The van der Waals surface area contributed by atoms with E-state index in [1.54, 1.807) is 0 Å². The highest BCUT2D eigenvalue weighted by Gasteiger charge is 2.30. The first-order valence-corrected chi connectivity index (χ1v) is 6.25. The highest BCUT2D eigenvalue weighted by atomic mass is 15.1. The minimum atomic E-state index is 0.476. The largest absolute Gasteiger partial charge is 0.302 e. The van der Waals surface area contributed by atoms with Gasteiger partial charge in [-0.15, -0.1) is 0 Å². The molecule has 1 saturated carbocycles. The first-order chi connectivity index (χ1) is 6.53. The quantitative estimate of drug-likeness (QED) is 0.621. The lowest BCUT2D eigenvalue weighted by atomic mass is 9.84. The van der Waals surface area contributed by atoms with Crippen LogP contribution in [-0.2, 0) is 0 Å². The van der Waals surface area contributed by atoms with Crippen LogP contribution in [0, 0.1) is 17.3 Å². The summed E-state index contributed by atoms with van der Waals surface area (Å²) >= 11 is 0. The molecule has 82 valence electrons. The van der Waals surface area contributed by atoms with Gasteiger partial charge in [-0.1, -0.05) is 20.8 Å². The molecule has 2 bridgehead atoms. The fourth-order valence-electron chi connectivity index (χ4n) is 3.20. The number of rotatable bonds is 1. The van der Waals surface area contributed by atoms with Gasteiger partial charge in [0.2, 0.25) is 0 Å². The van der Waals surface area contributed by atoms with Crippen molar-refractivity contribution in [3.8, 4) is 0 Å². The molecule has 3 fully saturated rings. The zero-order valence-corrected chi connectivity index (χ0v) is 10.1. The Morgan fingerprint density at radius 1 is 0.929 bits per heavy atom. The SMILES string of the molecule is CC(C)(C)CN1CC2CCC(CC2)C1. The van der Waals surface area contributed by atoms with Crippen LogP contribution in [0.15, 0.2) is 0 Å². The molecule has 1 heteroatoms. The van der Waals surface area contributed by atoms with E-state index in [2.05, 4.69) is 25.7 Å². The molecule has 0 radical (unpaired) electrons. The Labute approximate surface area is 88.9 Å². The van der Waals surface area contributed by atoms with Crippen molar-refractivity contribution in [3.63, 3.8) is 0 Å². The third-order valence-electron chi connectivity index (χ3n) is 3.70. The molecule has 0 aromatic carbocycles. The lowest BCUT2D eigenvalue weighted by Gasteiger charge is -2.30. The maximum atomic E-state index is 2.73. The van der Waals surface area contributed by atoms with E-state index in [0.717, 1.165) is 11.8 Å². The first-order valence-electron chi connectivity index (χ1n) is 6.25. The van der Waals surface area contributed by atoms with Gasteiger partial charge >= 0.3 is 0 Å². The van der Waals surface area contributed by atoms with E-state index in [1.807, 2.05) is 0 Å². The molecule has 0 atom stereocenters. The first kappa shape index (κ1) is 10.5. The molecule has 3 rings (SSSR count). The van der Waals surface area contributed by atoms with Gasteiger partial charge in [-0.25, -0.2) is 0 Å². The maximum Gasteiger partial charge on any atom is 0.00303 e. The molecule has 0 N–H and O–H groups in total. The Bertz CT molecular complexity index is 170. The highest BCUT2D eigenvalue weighted by molar-refractivity contribution is 4.84. The molecular weight excluding hydrogens is 170 g/mol. The Morgan fingerprint density at radius 2 is 1.36 bits per heavy atom. The Hall–Kier alpha value is -0.0400. The molecule has 0 spiro atoms. The number of nitrogens with zero attached hydrogens (tertiary/aromatic N) is 1. The van der Waals surface area contributed by atoms with E-state index in [0.29, 0.717) is 5.41 Å². The topological polar surface area (TPSA) is 3.24 Å². The summed E-state index contributed by atoms with van der Waals surface area (Å²) in [6.07, 6.45) is 6.02. The van der Waals surface area contributed by atoms with Crippen molar-refractivity contribution in [2.45, 2.75) is 46.5 Å². The number of fused-ring (bicyclic) bond motifs is 4. The van der Waals surface area contributed by atoms with Crippen LogP contribution in [0.2, 0.25) is 0 Å². The van der Waals surface area contributed by atoms with Crippen molar-refractivity contribution in [1.29, 1.82) is 0 Å². The predicted molar refractivity (Wildman–Crippen MR) is 61.3 cm³/mol. The number of hydrogen-bond donors (Lipinski definition) is 0. The van der Waals surface area contributed by atoms with Crippen LogP contribution < -0.4 is 0 Å². The average molecular weight is 195 g/mol. The van der Waals surface area contributed by atoms with Crippen LogP contribution in [0.5, 0.6) is 0 Å². The monoisotopic (exact) mass is 195 g/mol. The van der Waals surface area contributed by atoms with Crippen LogP contribution in [0.4, 0.5) is 0 Å². The molecule has 0 unspecified atom stereocenters. The molecule has 3 aliphatic rings. The minimum absolute atomic E-state index is 0.476. The molecule has 2 saturated heterocycles. The van der Waals surface area contributed by atoms with Gasteiger partial charge < -0.3 is 4.90 Å². The van der Waals surface area contributed by atoms with Crippen molar-refractivity contribution in [2.75, 3.05) is 19.6 Å². The molecule has 2 heterocycles.